The monoisotopic (exact) mass is 233 g/mol. The Hall–Kier alpha value is -1.60. The van der Waals surface area contributed by atoms with Crippen molar-refractivity contribution in [2.24, 2.45) is 0 Å². The van der Waals surface area contributed by atoms with Crippen molar-refractivity contribution in [3.05, 3.63) is 30.1 Å². The summed E-state index contributed by atoms with van der Waals surface area (Å²) in [4.78, 5) is 2.21. The van der Waals surface area contributed by atoms with Crippen LogP contribution in [-0.2, 0) is 0 Å². The minimum absolute atomic E-state index is 0.201. The molecule has 1 aliphatic rings. The molecule has 90 valence electrons. The minimum Gasteiger partial charge on any atom is -0.370 e. The summed E-state index contributed by atoms with van der Waals surface area (Å²) in [6.07, 6.45) is 1.55. The lowest BCUT2D eigenvalue weighted by atomic mass is 10.2. The molecule has 0 bridgehead atoms. The molecule has 0 aromatic heterocycles. The van der Waals surface area contributed by atoms with E-state index in [0.717, 1.165) is 31.7 Å². The van der Waals surface area contributed by atoms with Gasteiger partial charge in [0.05, 0.1) is 12.5 Å². The van der Waals surface area contributed by atoms with Crippen LogP contribution in [0.1, 0.15) is 12.8 Å². The van der Waals surface area contributed by atoms with Crippen LogP contribution in [0.4, 0.5) is 10.1 Å². The summed E-state index contributed by atoms with van der Waals surface area (Å²) in [6, 6.07) is 8.95. The molecule has 1 N–H and O–H groups in total. The molecular weight excluding hydrogens is 217 g/mol. The number of benzene rings is 1. The van der Waals surface area contributed by atoms with Crippen molar-refractivity contribution >= 4 is 5.69 Å². The zero-order chi connectivity index (χ0) is 12.1. The van der Waals surface area contributed by atoms with Crippen LogP contribution in [0.2, 0.25) is 0 Å². The maximum Gasteiger partial charge on any atom is 0.123 e. The van der Waals surface area contributed by atoms with Gasteiger partial charge in [0.1, 0.15) is 5.82 Å². The molecule has 1 heterocycles. The highest BCUT2D eigenvalue weighted by Crippen LogP contribution is 2.17. The van der Waals surface area contributed by atoms with Crippen molar-refractivity contribution in [3.63, 3.8) is 0 Å². The van der Waals surface area contributed by atoms with Crippen LogP contribution in [0, 0.1) is 17.1 Å². The molecule has 17 heavy (non-hydrogen) atoms. The van der Waals surface area contributed by atoms with E-state index in [0.29, 0.717) is 6.42 Å². The molecule has 2 rings (SSSR count). The van der Waals surface area contributed by atoms with Gasteiger partial charge < -0.3 is 10.2 Å². The first-order chi connectivity index (χ1) is 8.29. The van der Waals surface area contributed by atoms with Crippen LogP contribution in [0.15, 0.2) is 24.3 Å². The van der Waals surface area contributed by atoms with Crippen molar-refractivity contribution in [2.45, 2.75) is 18.9 Å². The molecule has 0 aliphatic carbocycles. The van der Waals surface area contributed by atoms with Crippen LogP contribution in [-0.4, -0.2) is 25.7 Å². The fourth-order valence-corrected chi connectivity index (χ4v) is 2.13. The highest BCUT2D eigenvalue weighted by atomic mass is 19.1. The number of nitrogens with one attached hydrogen (secondary N) is 1. The number of hydrogen-bond donors (Lipinski definition) is 1. The lowest BCUT2D eigenvalue weighted by molar-refractivity contribution is 0.552. The molecule has 1 unspecified atom stereocenters. The first kappa shape index (κ1) is 11.9. The van der Waals surface area contributed by atoms with Crippen LogP contribution >= 0.6 is 0 Å². The summed E-state index contributed by atoms with van der Waals surface area (Å²) in [7, 11) is 0. The predicted octanol–water partition coefficient (Wildman–Crippen LogP) is 1.91. The smallest absolute Gasteiger partial charge is 0.123 e. The van der Waals surface area contributed by atoms with Crippen LogP contribution in [0.5, 0.6) is 0 Å². The van der Waals surface area contributed by atoms with Gasteiger partial charge in [-0.25, -0.2) is 4.39 Å². The average molecular weight is 233 g/mol. The van der Waals surface area contributed by atoms with E-state index in [1.54, 1.807) is 12.1 Å². The van der Waals surface area contributed by atoms with E-state index >= 15 is 0 Å². The number of anilines is 1. The second kappa shape index (κ2) is 5.65. The molecule has 1 aromatic carbocycles. The Balaban J connectivity index is 2.08. The maximum absolute atomic E-state index is 12.9. The Bertz CT molecular complexity index is 396. The molecular formula is C13H16FN3. The van der Waals surface area contributed by atoms with E-state index in [-0.39, 0.29) is 11.9 Å². The second-order valence-corrected chi connectivity index (χ2v) is 4.29. The normalized spacial score (nSPS) is 20.7. The predicted molar refractivity (Wildman–Crippen MR) is 65.3 cm³/mol. The fourth-order valence-electron chi connectivity index (χ4n) is 2.13. The Morgan fingerprint density at radius 1 is 1.41 bits per heavy atom. The summed E-state index contributed by atoms with van der Waals surface area (Å²) in [5.41, 5.74) is 1.03. The van der Waals surface area contributed by atoms with Crippen molar-refractivity contribution in [1.82, 2.24) is 5.32 Å². The van der Waals surface area contributed by atoms with E-state index in [1.165, 1.54) is 12.1 Å². The van der Waals surface area contributed by atoms with Gasteiger partial charge in [0.2, 0.25) is 0 Å². The number of nitrogens with zero attached hydrogens (tertiary/aromatic N) is 2. The summed E-state index contributed by atoms with van der Waals surface area (Å²) >= 11 is 0. The van der Waals surface area contributed by atoms with E-state index in [1.807, 2.05) is 0 Å². The van der Waals surface area contributed by atoms with Gasteiger partial charge in [-0.05, 0) is 37.2 Å². The molecule has 3 nitrogen and oxygen atoms in total. The van der Waals surface area contributed by atoms with Gasteiger partial charge in [0, 0.05) is 24.8 Å². The standard InChI is InChI=1S/C13H16FN3/c14-11-2-4-13(5-3-11)17-9-1-8-16-12(10-17)6-7-15/h2-5,12,16H,1,6,8-10H2. The highest BCUT2D eigenvalue weighted by molar-refractivity contribution is 5.46. The Morgan fingerprint density at radius 3 is 2.88 bits per heavy atom. The average Bonchev–Trinajstić information content (AvgIpc) is 2.56. The summed E-state index contributed by atoms with van der Waals surface area (Å²) < 4.78 is 12.9. The number of halogens is 1. The summed E-state index contributed by atoms with van der Waals surface area (Å²) in [5.74, 6) is -0.213. The third-order valence-electron chi connectivity index (χ3n) is 3.01. The second-order valence-electron chi connectivity index (χ2n) is 4.29. The fraction of sp³-hybridized carbons (Fsp3) is 0.462. The zero-order valence-electron chi connectivity index (χ0n) is 9.69. The van der Waals surface area contributed by atoms with E-state index < -0.39 is 0 Å². The summed E-state index contributed by atoms with van der Waals surface area (Å²) in [5, 5.41) is 12.1. The summed E-state index contributed by atoms with van der Waals surface area (Å²) in [6.45, 7) is 2.68. The molecule has 1 saturated heterocycles. The van der Waals surface area contributed by atoms with Crippen LogP contribution in [0.3, 0.4) is 0 Å². The lowest BCUT2D eigenvalue weighted by Crippen LogP contribution is -2.37. The molecule has 1 atom stereocenters. The molecule has 0 spiro atoms. The Morgan fingerprint density at radius 2 is 2.18 bits per heavy atom. The topological polar surface area (TPSA) is 39.1 Å². The molecule has 1 fully saturated rings. The van der Waals surface area contributed by atoms with Gasteiger partial charge in [0.15, 0.2) is 0 Å². The molecule has 0 radical (unpaired) electrons. The van der Waals surface area contributed by atoms with Gasteiger partial charge in [-0.3, -0.25) is 0 Å². The lowest BCUT2D eigenvalue weighted by Gasteiger charge is -2.25. The number of nitriles is 1. The van der Waals surface area contributed by atoms with Crippen molar-refractivity contribution < 1.29 is 4.39 Å². The molecule has 0 saturated carbocycles. The first-order valence-electron chi connectivity index (χ1n) is 5.90. The highest BCUT2D eigenvalue weighted by Gasteiger charge is 2.17. The molecule has 4 heteroatoms. The van der Waals surface area contributed by atoms with Crippen LogP contribution < -0.4 is 10.2 Å². The van der Waals surface area contributed by atoms with Gasteiger partial charge in [-0.15, -0.1) is 0 Å². The van der Waals surface area contributed by atoms with E-state index in [2.05, 4.69) is 16.3 Å². The molecule has 0 amide bonds. The Labute approximate surface area is 101 Å². The molecule has 1 aromatic rings. The zero-order valence-corrected chi connectivity index (χ0v) is 9.69. The largest absolute Gasteiger partial charge is 0.370 e. The first-order valence-corrected chi connectivity index (χ1v) is 5.90. The molecule has 1 aliphatic heterocycles. The van der Waals surface area contributed by atoms with E-state index in [4.69, 9.17) is 5.26 Å². The van der Waals surface area contributed by atoms with E-state index in [9.17, 15) is 4.39 Å². The number of rotatable bonds is 2. The van der Waals surface area contributed by atoms with Gasteiger partial charge in [-0.2, -0.15) is 5.26 Å². The van der Waals surface area contributed by atoms with Crippen molar-refractivity contribution in [3.8, 4) is 6.07 Å². The Kier molecular flexibility index (Phi) is 3.94. The van der Waals surface area contributed by atoms with Crippen LogP contribution in [0.25, 0.3) is 0 Å². The van der Waals surface area contributed by atoms with Gasteiger partial charge in [-0.1, -0.05) is 0 Å². The third-order valence-corrected chi connectivity index (χ3v) is 3.01. The SMILES string of the molecule is N#CCC1CN(c2ccc(F)cc2)CCCN1. The number of hydrogen-bond acceptors (Lipinski definition) is 3. The van der Waals surface area contributed by atoms with Gasteiger partial charge in [0.25, 0.3) is 0 Å². The quantitative estimate of drug-likeness (QED) is 0.848. The minimum atomic E-state index is -0.213. The van der Waals surface area contributed by atoms with Gasteiger partial charge >= 0.3 is 0 Å². The van der Waals surface area contributed by atoms with Crippen molar-refractivity contribution in [2.75, 3.05) is 24.5 Å². The maximum atomic E-state index is 12.9. The third kappa shape index (κ3) is 3.18. The van der Waals surface area contributed by atoms with Crippen molar-refractivity contribution in [1.29, 1.82) is 5.26 Å².